The number of pyridine rings is 1. The molecule has 0 spiro atoms. The van der Waals surface area contributed by atoms with Gasteiger partial charge in [-0.1, -0.05) is 18.2 Å². The standard InChI is InChI=1S/C25H21N3O3S/c1-30-21-11-7-20(8-12-21)23-17-32-25(27-23)28-24(29)13-6-18-4-9-22(10-5-18)31-16-19-3-2-14-26-15-19/h2-15,17H,16H2,1H3,(H,27,28,29)/b13-6-. The van der Waals surface area contributed by atoms with Crippen molar-refractivity contribution in [1.29, 1.82) is 0 Å². The van der Waals surface area contributed by atoms with E-state index in [0.717, 1.165) is 33.9 Å². The first-order chi connectivity index (χ1) is 15.7. The summed E-state index contributed by atoms with van der Waals surface area (Å²) >= 11 is 1.38. The molecule has 1 amide bonds. The maximum Gasteiger partial charge on any atom is 0.250 e. The van der Waals surface area contributed by atoms with Crippen molar-refractivity contribution < 1.29 is 14.3 Å². The fourth-order valence-corrected chi connectivity index (χ4v) is 3.59. The lowest BCUT2D eigenvalue weighted by molar-refractivity contribution is -0.111. The summed E-state index contributed by atoms with van der Waals surface area (Å²) < 4.78 is 10.9. The van der Waals surface area contributed by atoms with Gasteiger partial charge in [-0.15, -0.1) is 11.3 Å². The van der Waals surface area contributed by atoms with Gasteiger partial charge < -0.3 is 9.47 Å². The number of amides is 1. The maximum absolute atomic E-state index is 12.3. The molecule has 0 saturated carbocycles. The second-order valence-electron chi connectivity index (χ2n) is 6.81. The van der Waals surface area contributed by atoms with Crippen molar-refractivity contribution in [3.63, 3.8) is 0 Å². The summed E-state index contributed by atoms with van der Waals surface area (Å²) in [4.78, 5) is 20.8. The van der Waals surface area contributed by atoms with Crippen molar-refractivity contribution in [2.75, 3.05) is 12.4 Å². The van der Waals surface area contributed by atoms with Crippen LogP contribution in [0.25, 0.3) is 17.3 Å². The number of aromatic nitrogens is 2. The zero-order valence-corrected chi connectivity index (χ0v) is 18.2. The lowest BCUT2D eigenvalue weighted by Gasteiger charge is -2.06. The van der Waals surface area contributed by atoms with Crippen LogP contribution < -0.4 is 14.8 Å². The van der Waals surface area contributed by atoms with E-state index in [1.54, 1.807) is 25.6 Å². The van der Waals surface area contributed by atoms with E-state index >= 15 is 0 Å². The molecule has 0 saturated heterocycles. The van der Waals surface area contributed by atoms with Crippen molar-refractivity contribution in [2.24, 2.45) is 0 Å². The molecule has 0 aliphatic rings. The van der Waals surface area contributed by atoms with Gasteiger partial charge in [-0.05, 0) is 54.1 Å². The molecule has 2 aromatic carbocycles. The van der Waals surface area contributed by atoms with E-state index in [4.69, 9.17) is 9.47 Å². The Hall–Kier alpha value is -3.97. The highest BCUT2D eigenvalue weighted by Gasteiger charge is 2.07. The van der Waals surface area contributed by atoms with E-state index < -0.39 is 0 Å². The Bertz CT molecular complexity index is 1190. The third kappa shape index (κ3) is 5.80. The van der Waals surface area contributed by atoms with Crippen molar-refractivity contribution in [3.05, 3.63) is 95.6 Å². The van der Waals surface area contributed by atoms with Crippen LogP contribution in [0.3, 0.4) is 0 Å². The van der Waals surface area contributed by atoms with Crippen LogP contribution in [0.1, 0.15) is 11.1 Å². The van der Waals surface area contributed by atoms with Crippen LogP contribution in [0.15, 0.2) is 84.5 Å². The molecule has 0 atom stereocenters. The maximum atomic E-state index is 12.3. The number of hydrogen-bond donors (Lipinski definition) is 1. The second kappa shape index (κ2) is 10.4. The quantitative estimate of drug-likeness (QED) is 0.367. The fourth-order valence-electron chi connectivity index (χ4n) is 2.87. The van der Waals surface area contributed by atoms with Gasteiger partial charge in [0.05, 0.1) is 12.8 Å². The Morgan fingerprint density at radius 2 is 1.84 bits per heavy atom. The Morgan fingerprint density at radius 3 is 2.56 bits per heavy atom. The molecule has 4 aromatic rings. The average Bonchev–Trinajstić information content (AvgIpc) is 3.31. The van der Waals surface area contributed by atoms with E-state index in [2.05, 4.69) is 15.3 Å². The lowest BCUT2D eigenvalue weighted by atomic mass is 10.2. The van der Waals surface area contributed by atoms with Gasteiger partial charge in [-0.3, -0.25) is 15.1 Å². The van der Waals surface area contributed by atoms with E-state index in [-0.39, 0.29) is 5.91 Å². The molecule has 0 aliphatic heterocycles. The average molecular weight is 444 g/mol. The Labute approximate surface area is 190 Å². The second-order valence-corrected chi connectivity index (χ2v) is 7.67. The summed E-state index contributed by atoms with van der Waals surface area (Å²) in [5, 5.41) is 5.26. The smallest absolute Gasteiger partial charge is 0.250 e. The molecule has 4 rings (SSSR count). The molecule has 2 aromatic heterocycles. The number of carbonyl (C=O) groups excluding carboxylic acids is 1. The monoisotopic (exact) mass is 443 g/mol. The van der Waals surface area contributed by atoms with Gasteiger partial charge in [-0.25, -0.2) is 4.98 Å². The van der Waals surface area contributed by atoms with Crippen molar-refractivity contribution in [3.8, 4) is 22.8 Å². The van der Waals surface area contributed by atoms with Gasteiger partial charge in [0.2, 0.25) is 5.91 Å². The van der Waals surface area contributed by atoms with Gasteiger partial charge in [0, 0.05) is 35.0 Å². The largest absolute Gasteiger partial charge is 0.497 e. The molecular formula is C25H21N3O3S. The fraction of sp³-hybridized carbons (Fsp3) is 0.0800. The van der Waals surface area contributed by atoms with E-state index in [9.17, 15) is 4.79 Å². The number of thiazole rings is 1. The molecule has 0 bridgehead atoms. The number of carbonyl (C=O) groups is 1. The highest BCUT2D eigenvalue weighted by atomic mass is 32.1. The van der Waals surface area contributed by atoms with Crippen LogP contribution in [-0.2, 0) is 11.4 Å². The number of nitrogens with one attached hydrogen (secondary N) is 1. The molecule has 0 fully saturated rings. The van der Waals surface area contributed by atoms with Gasteiger partial charge in [0.1, 0.15) is 18.1 Å². The highest BCUT2D eigenvalue weighted by Crippen LogP contribution is 2.26. The first kappa shape index (κ1) is 21.3. The molecule has 160 valence electrons. The summed E-state index contributed by atoms with van der Waals surface area (Å²) in [5.74, 6) is 1.30. The third-order valence-electron chi connectivity index (χ3n) is 4.56. The van der Waals surface area contributed by atoms with E-state index in [1.165, 1.54) is 17.4 Å². The molecule has 0 unspecified atom stereocenters. The third-order valence-corrected chi connectivity index (χ3v) is 5.31. The molecule has 2 heterocycles. The number of benzene rings is 2. The predicted octanol–water partition coefficient (Wildman–Crippen LogP) is 5.44. The van der Waals surface area contributed by atoms with Crippen molar-refractivity contribution in [1.82, 2.24) is 9.97 Å². The molecule has 0 aliphatic carbocycles. The SMILES string of the molecule is COc1ccc(-c2csc(NC(=O)/C=C\c3ccc(OCc4cccnc4)cc3)n2)cc1. The molecular weight excluding hydrogens is 422 g/mol. The molecule has 32 heavy (non-hydrogen) atoms. The lowest BCUT2D eigenvalue weighted by Crippen LogP contribution is -2.07. The molecule has 1 N–H and O–H groups in total. The van der Waals surface area contributed by atoms with Gasteiger partial charge >= 0.3 is 0 Å². The highest BCUT2D eigenvalue weighted by molar-refractivity contribution is 7.14. The minimum Gasteiger partial charge on any atom is -0.497 e. The van der Waals surface area contributed by atoms with Crippen LogP contribution in [0.5, 0.6) is 11.5 Å². The summed E-state index contributed by atoms with van der Waals surface area (Å²) in [5.41, 5.74) is 3.67. The van der Waals surface area contributed by atoms with Crippen LogP contribution in [0.4, 0.5) is 5.13 Å². The van der Waals surface area contributed by atoms with Crippen molar-refractivity contribution >= 4 is 28.5 Å². The molecule has 6 nitrogen and oxygen atoms in total. The zero-order chi connectivity index (χ0) is 22.2. The summed E-state index contributed by atoms with van der Waals surface area (Å²) in [7, 11) is 1.63. The number of nitrogens with zero attached hydrogens (tertiary/aromatic N) is 2. The minimum atomic E-state index is -0.238. The van der Waals surface area contributed by atoms with Crippen LogP contribution in [-0.4, -0.2) is 23.0 Å². The Kier molecular flexibility index (Phi) is 6.89. The number of rotatable bonds is 8. The van der Waals surface area contributed by atoms with Crippen LogP contribution >= 0.6 is 11.3 Å². The predicted molar refractivity (Wildman–Crippen MR) is 127 cm³/mol. The normalized spacial score (nSPS) is 10.8. The van der Waals surface area contributed by atoms with E-state index in [1.807, 2.05) is 66.0 Å². The van der Waals surface area contributed by atoms with Gasteiger partial charge in [-0.2, -0.15) is 0 Å². The van der Waals surface area contributed by atoms with Crippen LogP contribution in [0, 0.1) is 0 Å². The zero-order valence-electron chi connectivity index (χ0n) is 17.4. The van der Waals surface area contributed by atoms with Gasteiger partial charge in [0.25, 0.3) is 0 Å². The summed E-state index contributed by atoms with van der Waals surface area (Å²) in [6.45, 7) is 0.456. The Morgan fingerprint density at radius 1 is 1.06 bits per heavy atom. The van der Waals surface area contributed by atoms with E-state index in [0.29, 0.717) is 11.7 Å². The minimum absolute atomic E-state index is 0.238. The first-order valence-electron chi connectivity index (χ1n) is 9.90. The van der Waals surface area contributed by atoms with Crippen LogP contribution in [0.2, 0.25) is 0 Å². The number of anilines is 1. The number of hydrogen-bond acceptors (Lipinski definition) is 6. The molecule has 7 heteroatoms. The number of ether oxygens (including phenoxy) is 2. The Balaban J connectivity index is 1.30. The summed E-state index contributed by atoms with van der Waals surface area (Å²) in [6, 6.07) is 19.0. The molecule has 0 radical (unpaired) electrons. The number of methoxy groups -OCH3 is 1. The summed E-state index contributed by atoms with van der Waals surface area (Å²) in [6.07, 6.45) is 6.74. The van der Waals surface area contributed by atoms with Gasteiger partial charge in [0.15, 0.2) is 5.13 Å². The topological polar surface area (TPSA) is 73.3 Å². The van der Waals surface area contributed by atoms with Crippen molar-refractivity contribution in [2.45, 2.75) is 6.61 Å². The first-order valence-corrected chi connectivity index (χ1v) is 10.8.